The van der Waals surface area contributed by atoms with Crippen LogP contribution < -0.4 is 5.73 Å². The second-order valence-corrected chi connectivity index (χ2v) is 3.64. The van der Waals surface area contributed by atoms with Crippen LogP contribution in [0.25, 0.3) is 0 Å². The lowest BCUT2D eigenvalue weighted by Crippen LogP contribution is -2.44. The van der Waals surface area contributed by atoms with Crippen LogP contribution >= 0.6 is 12.4 Å². The van der Waals surface area contributed by atoms with Gasteiger partial charge < -0.3 is 10.8 Å². The molecule has 0 saturated heterocycles. The second kappa shape index (κ2) is 3.66. The van der Waals surface area contributed by atoms with E-state index in [4.69, 9.17) is 10.8 Å². The van der Waals surface area contributed by atoms with Crippen molar-refractivity contribution in [3.05, 3.63) is 35.4 Å². The van der Waals surface area contributed by atoms with Gasteiger partial charge in [0.2, 0.25) is 0 Å². The van der Waals surface area contributed by atoms with E-state index in [1.54, 1.807) is 0 Å². The Morgan fingerprint density at radius 1 is 1.23 bits per heavy atom. The average Bonchev–Trinajstić information content (AvgIpc) is 2.42. The second-order valence-electron chi connectivity index (χ2n) is 3.64. The Hall–Kier alpha value is -0.570. The topological polar surface area (TPSA) is 46.2 Å². The molecule has 0 radical (unpaired) electrons. The molecule has 2 nitrogen and oxygen atoms in total. The van der Waals surface area contributed by atoms with Gasteiger partial charge >= 0.3 is 0 Å². The molecule has 0 bridgehead atoms. The Kier molecular flexibility index (Phi) is 2.96. The van der Waals surface area contributed by atoms with Gasteiger partial charge in [-0.25, -0.2) is 0 Å². The van der Waals surface area contributed by atoms with Crippen LogP contribution in [-0.4, -0.2) is 17.3 Å². The van der Waals surface area contributed by atoms with Gasteiger partial charge in [0.15, 0.2) is 0 Å². The number of hydrogen-bond acceptors (Lipinski definition) is 2. The fraction of sp³-hybridized carbons (Fsp3) is 0.400. The van der Waals surface area contributed by atoms with E-state index in [2.05, 4.69) is 12.1 Å². The van der Waals surface area contributed by atoms with E-state index in [0.717, 1.165) is 12.8 Å². The summed E-state index contributed by atoms with van der Waals surface area (Å²) in [6, 6.07) is 8.20. The molecule has 0 aliphatic heterocycles. The highest BCUT2D eigenvalue weighted by atomic mass is 35.5. The van der Waals surface area contributed by atoms with Crippen LogP contribution in [0.2, 0.25) is 0 Å². The summed E-state index contributed by atoms with van der Waals surface area (Å²) >= 11 is 0. The van der Waals surface area contributed by atoms with E-state index >= 15 is 0 Å². The Bertz CT molecular complexity index is 276. The molecule has 13 heavy (non-hydrogen) atoms. The monoisotopic (exact) mass is 199 g/mol. The zero-order valence-corrected chi connectivity index (χ0v) is 8.18. The molecule has 2 rings (SSSR count). The number of rotatable bonds is 1. The van der Waals surface area contributed by atoms with Crippen molar-refractivity contribution in [1.29, 1.82) is 0 Å². The van der Waals surface area contributed by atoms with Crippen LogP contribution in [-0.2, 0) is 12.8 Å². The summed E-state index contributed by atoms with van der Waals surface area (Å²) in [5, 5.41) is 9.07. The Balaban J connectivity index is 0.000000845. The SMILES string of the molecule is Cl.NC1(CO)Cc2ccccc2C1. The fourth-order valence-electron chi connectivity index (χ4n) is 1.84. The zero-order chi connectivity index (χ0) is 8.60. The summed E-state index contributed by atoms with van der Waals surface area (Å²) in [5.41, 5.74) is 8.13. The van der Waals surface area contributed by atoms with Gasteiger partial charge in [0, 0.05) is 5.54 Å². The maximum atomic E-state index is 9.07. The van der Waals surface area contributed by atoms with Gasteiger partial charge in [-0.2, -0.15) is 0 Å². The van der Waals surface area contributed by atoms with E-state index in [1.165, 1.54) is 11.1 Å². The molecule has 3 heteroatoms. The number of halogens is 1. The van der Waals surface area contributed by atoms with E-state index in [-0.39, 0.29) is 19.0 Å². The van der Waals surface area contributed by atoms with Crippen LogP contribution in [0.4, 0.5) is 0 Å². The molecule has 0 saturated carbocycles. The largest absolute Gasteiger partial charge is 0.394 e. The summed E-state index contributed by atoms with van der Waals surface area (Å²) in [5.74, 6) is 0. The highest BCUT2D eigenvalue weighted by Crippen LogP contribution is 2.27. The molecule has 0 spiro atoms. The predicted molar refractivity (Wildman–Crippen MR) is 55.1 cm³/mol. The van der Waals surface area contributed by atoms with Crippen molar-refractivity contribution in [2.45, 2.75) is 18.4 Å². The lowest BCUT2D eigenvalue weighted by molar-refractivity contribution is 0.202. The Morgan fingerprint density at radius 2 is 1.69 bits per heavy atom. The molecule has 0 unspecified atom stereocenters. The first-order chi connectivity index (χ1) is 5.73. The highest BCUT2D eigenvalue weighted by Gasteiger charge is 2.32. The van der Waals surface area contributed by atoms with Crippen molar-refractivity contribution >= 4 is 12.4 Å². The van der Waals surface area contributed by atoms with Gasteiger partial charge in [0.1, 0.15) is 0 Å². The van der Waals surface area contributed by atoms with Crippen LogP contribution in [0.3, 0.4) is 0 Å². The van der Waals surface area contributed by atoms with E-state index < -0.39 is 5.54 Å². The van der Waals surface area contributed by atoms with Crippen molar-refractivity contribution in [3.8, 4) is 0 Å². The minimum Gasteiger partial charge on any atom is -0.394 e. The van der Waals surface area contributed by atoms with Crippen molar-refractivity contribution in [3.63, 3.8) is 0 Å². The smallest absolute Gasteiger partial charge is 0.0617 e. The summed E-state index contributed by atoms with van der Waals surface area (Å²) in [6.07, 6.45) is 1.61. The maximum absolute atomic E-state index is 9.07. The molecule has 0 amide bonds. The molecule has 0 heterocycles. The zero-order valence-electron chi connectivity index (χ0n) is 7.36. The lowest BCUT2D eigenvalue weighted by atomic mass is 9.99. The fourth-order valence-corrected chi connectivity index (χ4v) is 1.84. The molecular weight excluding hydrogens is 186 g/mol. The van der Waals surface area contributed by atoms with Gasteiger partial charge in [-0.05, 0) is 24.0 Å². The van der Waals surface area contributed by atoms with Crippen LogP contribution in [0.1, 0.15) is 11.1 Å². The third-order valence-electron chi connectivity index (χ3n) is 2.52. The number of aliphatic hydroxyl groups is 1. The molecule has 0 aromatic heterocycles. The summed E-state index contributed by atoms with van der Waals surface area (Å²) in [6.45, 7) is 0.0711. The lowest BCUT2D eigenvalue weighted by Gasteiger charge is -2.19. The number of aliphatic hydroxyl groups excluding tert-OH is 1. The molecule has 3 N–H and O–H groups in total. The maximum Gasteiger partial charge on any atom is 0.0617 e. The number of hydrogen-bond donors (Lipinski definition) is 2. The Morgan fingerprint density at radius 3 is 2.08 bits per heavy atom. The molecule has 1 aromatic rings. The van der Waals surface area contributed by atoms with Gasteiger partial charge in [-0.1, -0.05) is 24.3 Å². The van der Waals surface area contributed by atoms with Crippen LogP contribution in [0.5, 0.6) is 0 Å². The first-order valence-electron chi connectivity index (χ1n) is 4.20. The van der Waals surface area contributed by atoms with Crippen LogP contribution in [0, 0.1) is 0 Å². The Labute approximate surface area is 84.2 Å². The van der Waals surface area contributed by atoms with Crippen molar-refractivity contribution in [1.82, 2.24) is 0 Å². The van der Waals surface area contributed by atoms with Gasteiger partial charge in [-0.3, -0.25) is 0 Å². The minimum absolute atomic E-state index is 0. The van der Waals surface area contributed by atoms with Gasteiger partial charge in [0.25, 0.3) is 0 Å². The van der Waals surface area contributed by atoms with Crippen LogP contribution in [0.15, 0.2) is 24.3 Å². The first-order valence-corrected chi connectivity index (χ1v) is 4.20. The van der Waals surface area contributed by atoms with Crippen molar-refractivity contribution in [2.24, 2.45) is 5.73 Å². The first kappa shape index (κ1) is 10.5. The number of nitrogens with two attached hydrogens (primary N) is 1. The van der Waals surface area contributed by atoms with Gasteiger partial charge in [0.05, 0.1) is 6.61 Å². The summed E-state index contributed by atoms with van der Waals surface area (Å²) in [7, 11) is 0. The molecule has 1 aliphatic rings. The third kappa shape index (κ3) is 1.85. The molecule has 1 aromatic carbocycles. The third-order valence-corrected chi connectivity index (χ3v) is 2.52. The van der Waals surface area contributed by atoms with E-state index in [1.807, 2.05) is 12.1 Å². The molecular formula is C10H14ClNO. The molecule has 0 atom stereocenters. The van der Waals surface area contributed by atoms with E-state index in [9.17, 15) is 0 Å². The minimum atomic E-state index is -0.399. The normalized spacial score (nSPS) is 17.7. The summed E-state index contributed by atoms with van der Waals surface area (Å²) in [4.78, 5) is 0. The molecule has 1 aliphatic carbocycles. The van der Waals surface area contributed by atoms with Gasteiger partial charge in [-0.15, -0.1) is 12.4 Å². The standard InChI is InChI=1S/C10H13NO.ClH/c11-10(7-12)5-8-3-1-2-4-9(8)6-10;/h1-4,12H,5-7,11H2;1H. The van der Waals surface area contributed by atoms with E-state index in [0.29, 0.717) is 0 Å². The molecule has 72 valence electrons. The highest BCUT2D eigenvalue weighted by molar-refractivity contribution is 5.85. The number of fused-ring (bicyclic) bond motifs is 1. The molecule has 0 fully saturated rings. The summed E-state index contributed by atoms with van der Waals surface area (Å²) < 4.78 is 0. The average molecular weight is 200 g/mol. The predicted octanol–water partition coefficient (Wildman–Crippen LogP) is 0.897. The van der Waals surface area contributed by atoms with Crippen molar-refractivity contribution in [2.75, 3.05) is 6.61 Å². The number of benzene rings is 1. The quantitative estimate of drug-likeness (QED) is 0.706. The van der Waals surface area contributed by atoms with Crippen molar-refractivity contribution < 1.29 is 5.11 Å².